The lowest BCUT2D eigenvalue weighted by Gasteiger charge is -2.33. The number of amides is 1. The lowest BCUT2D eigenvalue weighted by molar-refractivity contribution is -0.135. The maximum Gasteiger partial charge on any atom is 0.350 e. The highest BCUT2D eigenvalue weighted by Crippen LogP contribution is 2.22. The SMILES string of the molecule is CS(=O)(=O)N1CCN(C(=O)COC(=O)c2sccc2-n2cccc2)CC1. The van der Waals surface area contributed by atoms with Crippen LogP contribution in [0.2, 0.25) is 0 Å². The molecule has 10 heteroatoms. The number of carbonyl (C=O) groups excluding carboxylic acids is 2. The van der Waals surface area contributed by atoms with Gasteiger partial charge in [0, 0.05) is 38.6 Å². The van der Waals surface area contributed by atoms with E-state index in [0.717, 1.165) is 6.26 Å². The molecule has 1 amide bonds. The highest BCUT2D eigenvalue weighted by molar-refractivity contribution is 7.88. The van der Waals surface area contributed by atoms with Crippen molar-refractivity contribution in [1.82, 2.24) is 13.8 Å². The smallest absolute Gasteiger partial charge is 0.350 e. The molecule has 0 spiro atoms. The van der Waals surface area contributed by atoms with E-state index in [1.807, 2.05) is 30.6 Å². The van der Waals surface area contributed by atoms with Gasteiger partial charge in [-0.15, -0.1) is 11.3 Å². The number of ether oxygens (including phenoxy) is 1. The molecule has 0 bridgehead atoms. The van der Waals surface area contributed by atoms with Crippen LogP contribution in [0.25, 0.3) is 5.69 Å². The zero-order chi connectivity index (χ0) is 18.7. The van der Waals surface area contributed by atoms with Crippen LogP contribution in [-0.2, 0) is 19.6 Å². The Morgan fingerprint density at radius 3 is 2.42 bits per heavy atom. The molecule has 0 aromatic carbocycles. The van der Waals surface area contributed by atoms with Gasteiger partial charge in [-0.05, 0) is 23.6 Å². The number of esters is 1. The molecule has 1 saturated heterocycles. The van der Waals surface area contributed by atoms with Gasteiger partial charge in [0.05, 0.1) is 11.9 Å². The quantitative estimate of drug-likeness (QED) is 0.697. The minimum Gasteiger partial charge on any atom is -0.451 e. The highest BCUT2D eigenvalue weighted by Gasteiger charge is 2.27. The molecule has 0 unspecified atom stereocenters. The number of aromatic nitrogens is 1. The minimum absolute atomic E-state index is 0.251. The number of hydrogen-bond acceptors (Lipinski definition) is 6. The van der Waals surface area contributed by atoms with E-state index in [1.165, 1.54) is 20.5 Å². The molecule has 0 N–H and O–H groups in total. The molecule has 0 radical (unpaired) electrons. The van der Waals surface area contributed by atoms with Crippen molar-refractivity contribution in [2.75, 3.05) is 39.0 Å². The van der Waals surface area contributed by atoms with E-state index in [4.69, 9.17) is 4.74 Å². The molecule has 3 rings (SSSR count). The Bertz CT molecular complexity index is 881. The predicted octanol–water partition coefficient (Wildman–Crippen LogP) is 0.799. The Labute approximate surface area is 155 Å². The molecule has 1 fully saturated rings. The van der Waals surface area contributed by atoms with Crippen molar-refractivity contribution >= 4 is 33.2 Å². The molecule has 1 aliphatic rings. The predicted molar refractivity (Wildman–Crippen MR) is 96.9 cm³/mol. The fourth-order valence-electron chi connectivity index (χ4n) is 2.71. The van der Waals surface area contributed by atoms with Crippen LogP contribution in [0.15, 0.2) is 36.0 Å². The first kappa shape index (κ1) is 18.6. The Kier molecular flexibility index (Phi) is 5.44. The summed E-state index contributed by atoms with van der Waals surface area (Å²) in [6.45, 7) is 0.720. The zero-order valence-corrected chi connectivity index (χ0v) is 15.8. The first-order chi connectivity index (χ1) is 12.4. The van der Waals surface area contributed by atoms with Crippen molar-refractivity contribution in [3.63, 3.8) is 0 Å². The van der Waals surface area contributed by atoms with Crippen LogP contribution in [0.3, 0.4) is 0 Å². The second kappa shape index (κ2) is 7.60. The van der Waals surface area contributed by atoms with Gasteiger partial charge in [0.2, 0.25) is 10.0 Å². The summed E-state index contributed by atoms with van der Waals surface area (Å²) in [5, 5.41) is 1.79. The van der Waals surface area contributed by atoms with Crippen molar-refractivity contribution in [3.05, 3.63) is 40.8 Å². The van der Waals surface area contributed by atoms with Gasteiger partial charge < -0.3 is 14.2 Å². The van der Waals surface area contributed by atoms with Gasteiger partial charge in [0.25, 0.3) is 5.91 Å². The fourth-order valence-corrected chi connectivity index (χ4v) is 4.32. The zero-order valence-electron chi connectivity index (χ0n) is 14.2. The lowest BCUT2D eigenvalue weighted by atomic mass is 10.3. The number of sulfonamides is 1. The van der Waals surface area contributed by atoms with Crippen molar-refractivity contribution in [2.45, 2.75) is 0 Å². The number of piperazine rings is 1. The Morgan fingerprint density at radius 2 is 1.81 bits per heavy atom. The van der Waals surface area contributed by atoms with E-state index >= 15 is 0 Å². The molecular weight excluding hydrogens is 378 g/mol. The largest absolute Gasteiger partial charge is 0.451 e. The van der Waals surface area contributed by atoms with Crippen LogP contribution in [-0.4, -0.2) is 73.1 Å². The van der Waals surface area contributed by atoms with Crippen LogP contribution >= 0.6 is 11.3 Å². The summed E-state index contributed by atoms with van der Waals surface area (Å²) in [7, 11) is -3.25. The number of nitrogens with zero attached hydrogens (tertiary/aromatic N) is 3. The highest BCUT2D eigenvalue weighted by atomic mass is 32.2. The van der Waals surface area contributed by atoms with Gasteiger partial charge in [0.15, 0.2) is 6.61 Å². The summed E-state index contributed by atoms with van der Waals surface area (Å²) in [6.07, 6.45) is 4.80. The Balaban J connectivity index is 1.54. The summed E-state index contributed by atoms with van der Waals surface area (Å²) >= 11 is 1.25. The number of rotatable bonds is 5. The normalized spacial score (nSPS) is 15.8. The van der Waals surface area contributed by atoms with Gasteiger partial charge in [-0.25, -0.2) is 13.2 Å². The van der Waals surface area contributed by atoms with Crippen LogP contribution in [0, 0.1) is 0 Å². The van der Waals surface area contributed by atoms with Crippen LogP contribution in [0.1, 0.15) is 9.67 Å². The number of carbonyl (C=O) groups is 2. The van der Waals surface area contributed by atoms with Crippen molar-refractivity contribution in [3.8, 4) is 5.69 Å². The molecule has 2 aromatic rings. The third-order valence-corrected chi connectivity index (χ3v) is 6.29. The molecule has 26 heavy (non-hydrogen) atoms. The summed E-state index contributed by atoms with van der Waals surface area (Å²) < 4.78 is 31.3. The van der Waals surface area contributed by atoms with Crippen LogP contribution in [0.4, 0.5) is 0 Å². The fraction of sp³-hybridized carbons (Fsp3) is 0.375. The summed E-state index contributed by atoms with van der Waals surface area (Å²) in [5.74, 6) is -0.877. The molecule has 2 aromatic heterocycles. The molecular formula is C16H19N3O5S2. The lowest BCUT2D eigenvalue weighted by Crippen LogP contribution is -2.51. The van der Waals surface area contributed by atoms with E-state index in [0.29, 0.717) is 10.6 Å². The maximum absolute atomic E-state index is 12.3. The van der Waals surface area contributed by atoms with Gasteiger partial charge in [-0.2, -0.15) is 4.31 Å². The van der Waals surface area contributed by atoms with Gasteiger partial charge in [-0.1, -0.05) is 0 Å². The first-order valence-electron chi connectivity index (χ1n) is 7.97. The number of hydrogen-bond donors (Lipinski definition) is 0. The Morgan fingerprint density at radius 1 is 1.15 bits per heavy atom. The van der Waals surface area contributed by atoms with E-state index in [-0.39, 0.29) is 38.7 Å². The third kappa shape index (κ3) is 4.14. The van der Waals surface area contributed by atoms with Crippen LogP contribution < -0.4 is 0 Å². The topological polar surface area (TPSA) is 88.9 Å². The standard InChI is InChI=1S/C16H19N3O5S2/c1-26(22,23)19-9-7-18(8-10-19)14(20)12-24-16(21)15-13(4-11-25-15)17-5-2-3-6-17/h2-6,11H,7-10,12H2,1H3. The van der Waals surface area contributed by atoms with Gasteiger partial charge in [0.1, 0.15) is 4.88 Å². The third-order valence-electron chi connectivity index (χ3n) is 4.10. The van der Waals surface area contributed by atoms with Gasteiger partial charge in [-0.3, -0.25) is 4.79 Å². The average Bonchev–Trinajstić information content (AvgIpc) is 3.29. The van der Waals surface area contributed by atoms with Crippen molar-refractivity contribution < 1.29 is 22.7 Å². The van der Waals surface area contributed by atoms with Crippen molar-refractivity contribution in [2.24, 2.45) is 0 Å². The molecule has 0 atom stereocenters. The molecule has 0 aliphatic carbocycles. The van der Waals surface area contributed by atoms with E-state index in [1.54, 1.807) is 9.95 Å². The van der Waals surface area contributed by atoms with Crippen LogP contribution in [0.5, 0.6) is 0 Å². The summed E-state index contributed by atoms with van der Waals surface area (Å²) in [5.41, 5.74) is 0.708. The van der Waals surface area contributed by atoms with Gasteiger partial charge >= 0.3 is 5.97 Å². The molecule has 1 aliphatic heterocycles. The second-order valence-corrected chi connectivity index (χ2v) is 8.74. The Hall–Kier alpha value is -2.17. The minimum atomic E-state index is -3.25. The average molecular weight is 397 g/mol. The molecule has 0 saturated carbocycles. The summed E-state index contributed by atoms with van der Waals surface area (Å²) in [6, 6.07) is 5.52. The molecule has 140 valence electrons. The monoisotopic (exact) mass is 397 g/mol. The number of thiophene rings is 1. The van der Waals surface area contributed by atoms with E-state index in [2.05, 4.69) is 0 Å². The van der Waals surface area contributed by atoms with E-state index < -0.39 is 16.0 Å². The van der Waals surface area contributed by atoms with E-state index in [9.17, 15) is 18.0 Å². The molecule has 8 nitrogen and oxygen atoms in total. The summed E-state index contributed by atoms with van der Waals surface area (Å²) in [4.78, 5) is 26.5. The maximum atomic E-state index is 12.3. The first-order valence-corrected chi connectivity index (χ1v) is 10.7. The van der Waals surface area contributed by atoms with Crippen molar-refractivity contribution in [1.29, 1.82) is 0 Å². The second-order valence-electron chi connectivity index (χ2n) is 5.84. The molecule has 3 heterocycles.